The van der Waals surface area contributed by atoms with Gasteiger partial charge in [-0.25, -0.2) is 9.37 Å². The Balaban J connectivity index is 1.72. The molecule has 0 unspecified atom stereocenters. The van der Waals surface area contributed by atoms with Crippen LogP contribution >= 0.6 is 34.5 Å². The predicted octanol–water partition coefficient (Wildman–Crippen LogP) is 6.10. The Bertz CT molecular complexity index is 1440. The molecule has 1 aliphatic rings. The van der Waals surface area contributed by atoms with Crippen molar-refractivity contribution in [2.24, 2.45) is 11.1 Å². The summed E-state index contributed by atoms with van der Waals surface area (Å²) in [6.45, 7) is 1.44. The van der Waals surface area contributed by atoms with Crippen LogP contribution in [0, 0.1) is 18.2 Å². The SMILES string of the molecule is Cc1nc(N(C(=O)C2(C(N)=O)CC2)c2ccc(Cl)c(F)c2)sc1C(=O)Nc1cc(C(F)(F)F)ccc1Cl. The molecule has 37 heavy (non-hydrogen) atoms. The molecule has 0 atom stereocenters. The number of hydrogen-bond donors (Lipinski definition) is 2. The van der Waals surface area contributed by atoms with E-state index in [1.54, 1.807) is 0 Å². The van der Waals surface area contributed by atoms with Crippen LogP contribution in [-0.4, -0.2) is 22.7 Å². The fraction of sp³-hybridized carbons (Fsp3) is 0.217. The first-order valence-electron chi connectivity index (χ1n) is 10.5. The standard InChI is InChI=1S/C23H16Cl2F4N4O3S/c1-10-17(18(34)32-16-8-11(23(27,28)29)2-4-14(16)25)37-21(31-10)33(12-3-5-13(24)15(26)9-12)20(36)22(6-7-22)19(30)35/h2-5,8-9H,6-7H2,1H3,(H2,30,35)(H,32,34). The van der Waals surface area contributed by atoms with E-state index in [4.69, 9.17) is 28.9 Å². The average Bonchev–Trinajstić information content (AvgIpc) is 3.54. The number of hydrogen-bond acceptors (Lipinski definition) is 5. The number of nitrogens with one attached hydrogen (secondary N) is 1. The number of primary amides is 1. The molecule has 3 amide bonds. The lowest BCUT2D eigenvalue weighted by molar-refractivity contribution is -0.137. The Morgan fingerprint density at radius 2 is 1.76 bits per heavy atom. The molecule has 0 saturated heterocycles. The van der Waals surface area contributed by atoms with Gasteiger partial charge in [-0.2, -0.15) is 13.2 Å². The second-order valence-corrected chi connectivity index (χ2v) is 10.0. The lowest BCUT2D eigenvalue weighted by Crippen LogP contribution is -2.41. The minimum absolute atomic E-state index is 0.0129. The number of halogens is 6. The van der Waals surface area contributed by atoms with Crippen LogP contribution in [0.2, 0.25) is 10.0 Å². The summed E-state index contributed by atoms with van der Waals surface area (Å²) in [5.74, 6) is -3.30. The topological polar surface area (TPSA) is 105 Å². The van der Waals surface area contributed by atoms with E-state index in [1.165, 1.54) is 19.1 Å². The van der Waals surface area contributed by atoms with Crippen molar-refractivity contribution in [3.8, 4) is 0 Å². The number of rotatable bonds is 6. The molecule has 194 valence electrons. The fourth-order valence-corrected chi connectivity index (χ4v) is 4.77. The third-order valence-electron chi connectivity index (χ3n) is 5.72. The summed E-state index contributed by atoms with van der Waals surface area (Å²) in [4.78, 5) is 43.6. The number of aromatic nitrogens is 1. The highest BCUT2D eigenvalue weighted by Gasteiger charge is 2.58. The van der Waals surface area contributed by atoms with E-state index in [9.17, 15) is 31.9 Å². The Hall–Kier alpha value is -3.22. The third kappa shape index (κ3) is 5.13. The van der Waals surface area contributed by atoms with Crippen LogP contribution in [0.4, 0.5) is 34.1 Å². The van der Waals surface area contributed by atoms with Crippen molar-refractivity contribution in [1.29, 1.82) is 0 Å². The Labute approximate surface area is 221 Å². The van der Waals surface area contributed by atoms with Crippen LogP contribution < -0.4 is 16.0 Å². The summed E-state index contributed by atoms with van der Waals surface area (Å²) in [6.07, 6.45) is -4.30. The number of alkyl halides is 3. The van der Waals surface area contributed by atoms with Gasteiger partial charge in [-0.05, 0) is 56.2 Å². The maximum absolute atomic E-state index is 14.3. The van der Waals surface area contributed by atoms with Crippen LogP contribution in [0.25, 0.3) is 0 Å². The number of anilines is 3. The molecule has 0 radical (unpaired) electrons. The fourth-order valence-electron chi connectivity index (χ4n) is 3.51. The van der Waals surface area contributed by atoms with Crippen molar-refractivity contribution in [3.05, 3.63) is 68.4 Å². The van der Waals surface area contributed by atoms with E-state index in [-0.39, 0.29) is 50.0 Å². The Kier molecular flexibility index (Phi) is 6.95. The maximum atomic E-state index is 14.3. The van der Waals surface area contributed by atoms with Crippen molar-refractivity contribution >= 4 is 68.8 Å². The van der Waals surface area contributed by atoms with E-state index in [0.717, 1.165) is 23.1 Å². The molecule has 1 saturated carbocycles. The highest BCUT2D eigenvalue weighted by Crippen LogP contribution is 2.49. The summed E-state index contributed by atoms with van der Waals surface area (Å²) in [5, 5.41) is 1.90. The zero-order valence-electron chi connectivity index (χ0n) is 18.8. The monoisotopic (exact) mass is 574 g/mol. The highest BCUT2D eigenvalue weighted by molar-refractivity contribution is 7.18. The Morgan fingerprint density at radius 1 is 1.11 bits per heavy atom. The van der Waals surface area contributed by atoms with Gasteiger partial charge in [0.15, 0.2) is 5.13 Å². The van der Waals surface area contributed by atoms with Crippen molar-refractivity contribution in [1.82, 2.24) is 4.98 Å². The zero-order chi connectivity index (χ0) is 27.3. The second kappa shape index (κ2) is 9.58. The van der Waals surface area contributed by atoms with Gasteiger partial charge in [0.05, 0.1) is 32.7 Å². The van der Waals surface area contributed by atoms with Crippen LogP contribution in [0.5, 0.6) is 0 Å². The van der Waals surface area contributed by atoms with Gasteiger partial charge >= 0.3 is 6.18 Å². The lowest BCUT2D eigenvalue weighted by Gasteiger charge is -2.24. The van der Waals surface area contributed by atoms with Crippen molar-refractivity contribution < 1.29 is 31.9 Å². The summed E-state index contributed by atoms with van der Waals surface area (Å²) in [7, 11) is 0. The Morgan fingerprint density at radius 3 is 2.32 bits per heavy atom. The van der Waals surface area contributed by atoms with E-state index in [1.807, 2.05) is 0 Å². The first-order valence-corrected chi connectivity index (χ1v) is 12.1. The molecule has 3 N–H and O–H groups in total. The number of carbonyl (C=O) groups is 3. The maximum Gasteiger partial charge on any atom is 0.416 e. The van der Waals surface area contributed by atoms with Crippen molar-refractivity contribution in [2.45, 2.75) is 25.9 Å². The van der Waals surface area contributed by atoms with Crippen LogP contribution in [0.1, 0.15) is 33.8 Å². The molecule has 4 rings (SSSR count). The van der Waals surface area contributed by atoms with E-state index in [0.29, 0.717) is 17.4 Å². The molecule has 7 nitrogen and oxygen atoms in total. The van der Waals surface area contributed by atoms with Gasteiger partial charge < -0.3 is 11.1 Å². The number of carbonyl (C=O) groups excluding carboxylic acids is 3. The van der Waals surface area contributed by atoms with Crippen LogP contribution in [0.3, 0.4) is 0 Å². The van der Waals surface area contributed by atoms with Crippen LogP contribution in [0.15, 0.2) is 36.4 Å². The molecular formula is C23H16Cl2F4N4O3S. The van der Waals surface area contributed by atoms with Gasteiger partial charge in [-0.15, -0.1) is 0 Å². The van der Waals surface area contributed by atoms with E-state index < -0.39 is 40.7 Å². The predicted molar refractivity (Wildman–Crippen MR) is 131 cm³/mol. The molecule has 0 aliphatic heterocycles. The molecule has 0 bridgehead atoms. The highest BCUT2D eigenvalue weighted by atomic mass is 35.5. The average molecular weight is 575 g/mol. The van der Waals surface area contributed by atoms with Gasteiger partial charge in [0.25, 0.3) is 5.91 Å². The van der Waals surface area contributed by atoms with Gasteiger partial charge in [0.2, 0.25) is 11.8 Å². The summed E-state index contributed by atoms with van der Waals surface area (Å²) >= 11 is 12.4. The number of aryl methyl sites for hydroxylation is 1. The van der Waals surface area contributed by atoms with Gasteiger partial charge in [-0.1, -0.05) is 34.5 Å². The quantitative estimate of drug-likeness (QED) is 0.274. The molecule has 1 aromatic heterocycles. The smallest absolute Gasteiger partial charge is 0.369 e. The summed E-state index contributed by atoms with van der Waals surface area (Å²) in [5.41, 5.74) is 2.75. The first-order chi connectivity index (χ1) is 17.2. The van der Waals surface area contributed by atoms with Crippen LogP contribution in [-0.2, 0) is 15.8 Å². The minimum Gasteiger partial charge on any atom is -0.369 e. The van der Waals surface area contributed by atoms with Gasteiger partial charge in [0.1, 0.15) is 16.1 Å². The lowest BCUT2D eigenvalue weighted by atomic mass is 10.0. The van der Waals surface area contributed by atoms with Crippen molar-refractivity contribution in [2.75, 3.05) is 10.2 Å². The normalized spacial score (nSPS) is 14.2. The number of amides is 3. The summed E-state index contributed by atoms with van der Waals surface area (Å²) in [6, 6.07) is 5.97. The number of nitrogens with two attached hydrogens (primary N) is 1. The zero-order valence-corrected chi connectivity index (χ0v) is 21.1. The van der Waals surface area contributed by atoms with E-state index >= 15 is 0 Å². The largest absolute Gasteiger partial charge is 0.416 e. The number of nitrogens with zero attached hydrogens (tertiary/aromatic N) is 2. The minimum atomic E-state index is -4.66. The molecule has 1 heterocycles. The summed E-state index contributed by atoms with van der Waals surface area (Å²) < 4.78 is 53.6. The molecule has 1 fully saturated rings. The molecular weight excluding hydrogens is 559 g/mol. The number of benzene rings is 2. The molecule has 3 aromatic rings. The third-order valence-corrected chi connectivity index (χ3v) is 7.50. The molecule has 2 aromatic carbocycles. The first kappa shape index (κ1) is 26.8. The molecule has 14 heteroatoms. The van der Waals surface area contributed by atoms with Gasteiger partial charge in [-0.3, -0.25) is 19.3 Å². The number of thiazole rings is 1. The molecule has 0 spiro atoms. The van der Waals surface area contributed by atoms with Gasteiger partial charge in [0, 0.05) is 0 Å². The van der Waals surface area contributed by atoms with E-state index in [2.05, 4.69) is 10.3 Å². The molecule has 1 aliphatic carbocycles. The van der Waals surface area contributed by atoms with Crippen molar-refractivity contribution in [3.63, 3.8) is 0 Å². The second-order valence-electron chi connectivity index (χ2n) is 8.24.